The standard InChI is InChI=1S/C23H19N3O4S/c1-2-3-11-29-15-8-6-7-14(12-15)19-18-20(27)16-9-4-5-10-17(16)30-21(18)22(28)26(19)23-25-24-13-31-23/h4-10,12-13,19H,2-3,11H2,1H3/t19-/m1/s1. The van der Waals surface area contributed by atoms with E-state index >= 15 is 0 Å². The van der Waals surface area contributed by atoms with Crippen LogP contribution in [0.3, 0.4) is 0 Å². The van der Waals surface area contributed by atoms with Crippen LogP contribution in [0, 0.1) is 0 Å². The van der Waals surface area contributed by atoms with Crippen LogP contribution in [0.1, 0.15) is 47.5 Å². The fourth-order valence-corrected chi connectivity index (χ4v) is 4.40. The molecule has 2 aromatic heterocycles. The number of fused-ring (bicyclic) bond motifs is 2. The van der Waals surface area contributed by atoms with Crippen molar-refractivity contribution in [2.75, 3.05) is 11.5 Å². The number of nitrogens with zero attached hydrogens (tertiary/aromatic N) is 3. The van der Waals surface area contributed by atoms with Gasteiger partial charge in [-0.05, 0) is 36.2 Å². The number of hydrogen-bond donors (Lipinski definition) is 0. The van der Waals surface area contributed by atoms with Gasteiger partial charge in [-0.1, -0.05) is 48.9 Å². The largest absolute Gasteiger partial charge is 0.494 e. The summed E-state index contributed by atoms with van der Waals surface area (Å²) in [5.74, 6) is 0.326. The molecule has 0 aliphatic carbocycles. The van der Waals surface area contributed by atoms with Gasteiger partial charge in [0.2, 0.25) is 10.9 Å². The van der Waals surface area contributed by atoms with Gasteiger partial charge in [-0.25, -0.2) is 0 Å². The number of benzene rings is 2. The topological polar surface area (TPSA) is 85.5 Å². The molecule has 0 saturated heterocycles. The summed E-state index contributed by atoms with van der Waals surface area (Å²) in [5.41, 5.74) is 2.77. The minimum atomic E-state index is -0.675. The molecule has 1 aliphatic rings. The number of hydrogen-bond acceptors (Lipinski definition) is 7. The minimum absolute atomic E-state index is 0.0428. The zero-order chi connectivity index (χ0) is 21.4. The van der Waals surface area contributed by atoms with Gasteiger partial charge in [0.1, 0.15) is 16.8 Å². The third kappa shape index (κ3) is 3.29. The van der Waals surface area contributed by atoms with Crippen molar-refractivity contribution in [1.82, 2.24) is 10.2 Å². The number of rotatable bonds is 6. The zero-order valence-corrected chi connectivity index (χ0v) is 17.6. The van der Waals surface area contributed by atoms with E-state index in [1.807, 2.05) is 24.3 Å². The fourth-order valence-electron chi connectivity index (χ4n) is 3.81. The van der Waals surface area contributed by atoms with E-state index in [0.717, 1.165) is 18.4 Å². The lowest BCUT2D eigenvalue weighted by Crippen LogP contribution is -2.29. The van der Waals surface area contributed by atoms with Crippen molar-refractivity contribution < 1.29 is 13.9 Å². The van der Waals surface area contributed by atoms with E-state index in [9.17, 15) is 9.59 Å². The second-order valence-corrected chi connectivity index (χ2v) is 8.06. The molecular weight excluding hydrogens is 414 g/mol. The molecule has 2 aromatic carbocycles. The third-order valence-electron chi connectivity index (χ3n) is 5.27. The lowest BCUT2D eigenvalue weighted by atomic mass is 9.98. The van der Waals surface area contributed by atoms with Crippen LogP contribution < -0.4 is 15.1 Å². The highest BCUT2D eigenvalue weighted by Gasteiger charge is 2.45. The number of para-hydroxylation sites is 1. The highest BCUT2D eigenvalue weighted by Crippen LogP contribution is 2.42. The van der Waals surface area contributed by atoms with E-state index < -0.39 is 11.9 Å². The van der Waals surface area contributed by atoms with Gasteiger partial charge < -0.3 is 9.15 Å². The van der Waals surface area contributed by atoms with E-state index in [4.69, 9.17) is 9.15 Å². The van der Waals surface area contributed by atoms with Crippen LogP contribution in [0.25, 0.3) is 11.0 Å². The first-order chi connectivity index (χ1) is 15.2. The van der Waals surface area contributed by atoms with E-state index in [-0.39, 0.29) is 11.2 Å². The van der Waals surface area contributed by atoms with Crippen molar-refractivity contribution in [3.63, 3.8) is 0 Å². The van der Waals surface area contributed by atoms with Crippen LogP contribution in [-0.4, -0.2) is 22.7 Å². The molecule has 4 aromatic rings. The molecule has 0 fully saturated rings. The summed E-state index contributed by atoms with van der Waals surface area (Å²) in [6, 6.07) is 13.8. The smallest absolute Gasteiger partial charge is 0.297 e. The van der Waals surface area contributed by atoms with Crippen LogP contribution in [0.5, 0.6) is 5.75 Å². The molecular formula is C23H19N3O4S. The maximum absolute atomic E-state index is 13.5. The Kier molecular flexibility index (Phi) is 4.99. The minimum Gasteiger partial charge on any atom is -0.494 e. The van der Waals surface area contributed by atoms with Crippen molar-refractivity contribution >= 4 is 33.3 Å². The van der Waals surface area contributed by atoms with Gasteiger partial charge in [0, 0.05) is 0 Å². The molecule has 1 atom stereocenters. The fraction of sp³-hybridized carbons (Fsp3) is 0.217. The van der Waals surface area contributed by atoms with Gasteiger partial charge in [0.25, 0.3) is 5.91 Å². The van der Waals surface area contributed by atoms with Gasteiger partial charge in [0.15, 0.2) is 5.43 Å². The van der Waals surface area contributed by atoms with Crippen molar-refractivity contribution in [2.24, 2.45) is 0 Å². The van der Waals surface area contributed by atoms with Crippen LogP contribution in [0.15, 0.2) is 63.3 Å². The lowest BCUT2D eigenvalue weighted by Gasteiger charge is -2.22. The summed E-state index contributed by atoms with van der Waals surface area (Å²) in [4.78, 5) is 28.3. The molecule has 0 radical (unpaired) electrons. The second kappa shape index (κ2) is 7.96. The molecule has 0 bridgehead atoms. The first-order valence-electron chi connectivity index (χ1n) is 10.1. The quantitative estimate of drug-likeness (QED) is 0.414. The highest BCUT2D eigenvalue weighted by atomic mass is 32.1. The molecule has 0 spiro atoms. The lowest BCUT2D eigenvalue weighted by molar-refractivity contribution is 0.0970. The van der Waals surface area contributed by atoms with Crippen LogP contribution in [0.4, 0.5) is 5.13 Å². The molecule has 1 aliphatic heterocycles. The summed E-state index contributed by atoms with van der Waals surface area (Å²) < 4.78 is 11.8. The molecule has 3 heterocycles. The average molecular weight is 433 g/mol. The predicted octanol–water partition coefficient (Wildman–Crippen LogP) is 4.57. The summed E-state index contributed by atoms with van der Waals surface area (Å²) >= 11 is 1.23. The van der Waals surface area contributed by atoms with Gasteiger partial charge in [0.05, 0.1) is 23.6 Å². The maximum atomic E-state index is 13.5. The highest BCUT2D eigenvalue weighted by molar-refractivity contribution is 7.13. The number of carbonyl (C=O) groups is 1. The Hall–Kier alpha value is -3.52. The predicted molar refractivity (Wildman–Crippen MR) is 118 cm³/mol. The second-order valence-electron chi connectivity index (χ2n) is 7.24. The van der Waals surface area contributed by atoms with Gasteiger partial charge in [-0.3, -0.25) is 14.5 Å². The molecule has 0 unspecified atom stereocenters. The Morgan fingerprint density at radius 1 is 1.16 bits per heavy atom. The van der Waals surface area contributed by atoms with Gasteiger partial charge in [-0.2, -0.15) is 0 Å². The number of unbranched alkanes of at least 4 members (excludes halogenated alkanes) is 1. The van der Waals surface area contributed by atoms with Crippen molar-refractivity contribution in [3.8, 4) is 5.75 Å². The normalized spacial score (nSPS) is 15.5. The van der Waals surface area contributed by atoms with Gasteiger partial charge >= 0.3 is 0 Å². The van der Waals surface area contributed by atoms with Crippen LogP contribution >= 0.6 is 11.3 Å². The molecule has 8 heteroatoms. The summed E-state index contributed by atoms with van der Waals surface area (Å²) in [6.07, 6.45) is 1.98. The first kappa shape index (κ1) is 19.4. The third-order valence-corrected chi connectivity index (χ3v) is 5.96. The summed E-state index contributed by atoms with van der Waals surface area (Å²) in [5, 5.41) is 8.81. The number of carbonyl (C=O) groups excluding carboxylic acids is 1. The van der Waals surface area contributed by atoms with E-state index in [0.29, 0.717) is 34.0 Å². The van der Waals surface area contributed by atoms with E-state index in [1.54, 1.807) is 29.8 Å². The number of aromatic nitrogens is 2. The number of amides is 1. The molecule has 156 valence electrons. The van der Waals surface area contributed by atoms with Crippen LogP contribution in [-0.2, 0) is 0 Å². The molecule has 7 nitrogen and oxygen atoms in total. The average Bonchev–Trinajstić information content (AvgIpc) is 3.41. The van der Waals surface area contributed by atoms with Crippen molar-refractivity contribution in [2.45, 2.75) is 25.8 Å². The Labute approximate surface area is 181 Å². The van der Waals surface area contributed by atoms with Crippen LogP contribution in [0.2, 0.25) is 0 Å². The monoisotopic (exact) mass is 433 g/mol. The maximum Gasteiger partial charge on any atom is 0.297 e. The number of ether oxygens (including phenoxy) is 1. The molecule has 5 rings (SSSR count). The Morgan fingerprint density at radius 2 is 2.03 bits per heavy atom. The Balaban J connectivity index is 1.69. The Bertz CT molecular complexity index is 1320. The SMILES string of the molecule is CCCCOc1cccc([C@@H]2c3c(oc4ccccc4c3=O)C(=O)N2c2nncs2)c1. The molecule has 1 amide bonds. The summed E-state index contributed by atoms with van der Waals surface area (Å²) in [6.45, 7) is 2.71. The molecule has 0 N–H and O–H groups in total. The first-order valence-corrected chi connectivity index (χ1v) is 10.9. The Morgan fingerprint density at radius 3 is 2.84 bits per heavy atom. The van der Waals surface area contributed by atoms with E-state index in [1.165, 1.54) is 16.2 Å². The molecule has 0 saturated carbocycles. The number of anilines is 1. The van der Waals surface area contributed by atoms with E-state index in [2.05, 4.69) is 17.1 Å². The van der Waals surface area contributed by atoms with Gasteiger partial charge in [-0.15, -0.1) is 10.2 Å². The van der Waals surface area contributed by atoms with Crippen molar-refractivity contribution in [1.29, 1.82) is 0 Å². The zero-order valence-electron chi connectivity index (χ0n) is 16.8. The molecule has 31 heavy (non-hydrogen) atoms. The summed E-state index contributed by atoms with van der Waals surface area (Å²) in [7, 11) is 0. The van der Waals surface area contributed by atoms with Crippen molar-refractivity contribution in [3.05, 3.63) is 81.2 Å².